The predicted octanol–water partition coefficient (Wildman–Crippen LogP) is 2.16. The van der Waals surface area contributed by atoms with Gasteiger partial charge in [0.1, 0.15) is 5.82 Å². The van der Waals surface area contributed by atoms with E-state index < -0.39 is 5.54 Å². The van der Waals surface area contributed by atoms with Gasteiger partial charge in [-0.25, -0.2) is 4.98 Å². The summed E-state index contributed by atoms with van der Waals surface area (Å²) in [5.41, 5.74) is 8.05. The third-order valence-corrected chi connectivity index (χ3v) is 4.66. The van der Waals surface area contributed by atoms with Crippen LogP contribution in [-0.4, -0.2) is 9.97 Å². The average Bonchev–Trinajstić information content (AvgIpc) is 2.65. The van der Waals surface area contributed by atoms with Gasteiger partial charge in [0, 0.05) is 5.56 Å². The number of H-pyrrole nitrogens is 1. The lowest BCUT2D eigenvalue weighted by Gasteiger charge is -2.32. The van der Waals surface area contributed by atoms with Gasteiger partial charge in [-0.3, -0.25) is 4.79 Å². The van der Waals surface area contributed by atoms with Gasteiger partial charge in [-0.1, -0.05) is 25.7 Å². The molecule has 104 valence electrons. The molecule has 19 heavy (non-hydrogen) atoms. The van der Waals surface area contributed by atoms with Crippen LogP contribution in [0.3, 0.4) is 0 Å². The second-order valence-corrected chi connectivity index (χ2v) is 6.12. The zero-order valence-corrected chi connectivity index (χ0v) is 11.5. The summed E-state index contributed by atoms with van der Waals surface area (Å²) < 4.78 is 0. The lowest BCUT2D eigenvalue weighted by molar-refractivity contribution is 0.285. The number of aromatic amines is 1. The summed E-state index contributed by atoms with van der Waals surface area (Å²) in [5.74, 6) is 0.734. The molecule has 0 aromatic carbocycles. The molecular weight excluding hydrogens is 238 g/mol. The number of aryl methyl sites for hydroxylation is 1. The van der Waals surface area contributed by atoms with Crippen molar-refractivity contribution in [3.05, 3.63) is 27.4 Å². The molecule has 2 aliphatic rings. The molecule has 0 atom stereocenters. The topological polar surface area (TPSA) is 71.8 Å². The highest BCUT2D eigenvalue weighted by atomic mass is 16.1. The van der Waals surface area contributed by atoms with Crippen LogP contribution >= 0.6 is 0 Å². The molecule has 3 N–H and O–H groups in total. The van der Waals surface area contributed by atoms with Gasteiger partial charge in [0.15, 0.2) is 0 Å². The normalized spacial score (nSPS) is 22.6. The Balaban J connectivity index is 2.01. The molecule has 4 heteroatoms. The van der Waals surface area contributed by atoms with Crippen LogP contribution in [0.4, 0.5) is 0 Å². The zero-order chi connectivity index (χ0) is 13.3. The minimum Gasteiger partial charge on any atom is -0.319 e. The molecule has 0 radical (unpaired) electrons. The van der Waals surface area contributed by atoms with Gasteiger partial charge >= 0.3 is 0 Å². The van der Waals surface area contributed by atoms with Gasteiger partial charge in [0.05, 0.1) is 11.2 Å². The number of hydrogen-bond acceptors (Lipinski definition) is 3. The standard InChI is InChI=1S/C15H23N3O/c16-15(9-5-2-6-10-15)14-17-12-8-4-1-3-7-11(12)13(19)18-14/h1-10,16H2,(H,17,18,19). The van der Waals surface area contributed by atoms with E-state index in [1.807, 2.05) is 0 Å². The fourth-order valence-electron chi connectivity index (χ4n) is 3.44. The van der Waals surface area contributed by atoms with Crippen LogP contribution in [0.15, 0.2) is 4.79 Å². The maximum Gasteiger partial charge on any atom is 0.254 e. The second kappa shape index (κ2) is 5.08. The Kier molecular flexibility index (Phi) is 3.44. The van der Waals surface area contributed by atoms with Crippen LogP contribution in [0.1, 0.15) is 68.4 Å². The third-order valence-electron chi connectivity index (χ3n) is 4.66. The maximum absolute atomic E-state index is 12.3. The van der Waals surface area contributed by atoms with E-state index in [9.17, 15) is 4.79 Å². The first-order valence-corrected chi connectivity index (χ1v) is 7.60. The van der Waals surface area contributed by atoms with Gasteiger partial charge < -0.3 is 10.7 Å². The van der Waals surface area contributed by atoms with Crippen molar-refractivity contribution in [3.63, 3.8) is 0 Å². The molecule has 1 fully saturated rings. The molecule has 0 saturated heterocycles. The van der Waals surface area contributed by atoms with E-state index in [1.54, 1.807) is 0 Å². The number of rotatable bonds is 1. The summed E-state index contributed by atoms with van der Waals surface area (Å²) in [4.78, 5) is 20.0. The van der Waals surface area contributed by atoms with Crippen LogP contribution in [0, 0.1) is 0 Å². The highest BCUT2D eigenvalue weighted by Gasteiger charge is 2.32. The van der Waals surface area contributed by atoms with Crippen molar-refractivity contribution in [1.82, 2.24) is 9.97 Å². The summed E-state index contributed by atoms with van der Waals surface area (Å²) in [6.45, 7) is 0. The minimum absolute atomic E-state index is 0.0531. The molecule has 0 aliphatic heterocycles. The Labute approximate surface area is 113 Å². The number of nitrogens with one attached hydrogen (secondary N) is 1. The van der Waals surface area contributed by atoms with Gasteiger partial charge in [0.2, 0.25) is 0 Å². The second-order valence-electron chi connectivity index (χ2n) is 6.12. The number of aromatic nitrogens is 2. The zero-order valence-electron chi connectivity index (χ0n) is 11.5. The Hall–Kier alpha value is -1.16. The SMILES string of the molecule is NC1(c2nc3c(c(=O)[nH]2)CCCCC3)CCCCC1. The Morgan fingerprint density at radius 3 is 2.47 bits per heavy atom. The largest absolute Gasteiger partial charge is 0.319 e. The van der Waals surface area contributed by atoms with E-state index in [-0.39, 0.29) is 5.56 Å². The fourth-order valence-corrected chi connectivity index (χ4v) is 3.44. The molecule has 0 unspecified atom stereocenters. The van der Waals surface area contributed by atoms with Crippen molar-refractivity contribution >= 4 is 0 Å². The summed E-state index contributed by atoms with van der Waals surface area (Å²) in [6.07, 6.45) is 10.6. The number of nitrogens with zero attached hydrogens (tertiary/aromatic N) is 1. The molecule has 1 heterocycles. The van der Waals surface area contributed by atoms with E-state index in [4.69, 9.17) is 10.7 Å². The first kappa shape index (κ1) is 12.9. The summed E-state index contributed by atoms with van der Waals surface area (Å²) >= 11 is 0. The molecule has 0 spiro atoms. The summed E-state index contributed by atoms with van der Waals surface area (Å²) in [6, 6.07) is 0. The maximum atomic E-state index is 12.3. The molecule has 2 aliphatic carbocycles. The Morgan fingerprint density at radius 1 is 1.00 bits per heavy atom. The molecule has 1 saturated carbocycles. The molecule has 1 aromatic heterocycles. The summed E-state index contributed by atoms with van der Waals surface area (Å²) in [7, 11) is 0. The molecular formula is C15H23N3O. The van der Waals surface area contributed by atoms with Crippen LogP contribution in [0.2, 0.25) is 0 Å². The first-order chi connectivity index (χ1) is 9.19. The van der Waals surface area contributed by atoms with Crippen molar-refractivity contribution in [1.29, 1.82) is 0 Å². The number of fused-ring (bicyclic) bond motifs is 1. The first-order valence-electron chi connectivity index (χ1n) is 7.60. The number of nitrogens with two attached hydrogens (primary N) is 1. The smallest absolute Gasteiger partial charge is 0.254 e. The van der Waals surface area contributed by atoms with Crippen molar-refractivity contribution in [2.45, 2.75) is 69.7 Å². The molecule has 1 aromatic rings. The Morgan fingerprint density at radius 2 is 1.68 bits per heavy atom. The van der Waals surface area contributed by atoms with Crippen molar-refractivity contribution in [2.75, 3.05) is 0 Å². The van der Waals surface area contributed by atoms with Gasteiger partial charge in [-0.05, 0) is 38.5 Å². The predicted molar refractivity (Wildman–Crippen MR) is 75.1 cm³/mol. The van der Waals surface area contributed by atoms with Crippen LogP contribution in [0.25, 0.3) is 0 Å². The average molecular weight is 261 g/mol. The van der Waals surface area contributed by atoms with E-state index in [0.29, 0.717) is 0 Å². The van der Waals surface area contributed by atoms with Crippen LogP contribution in [-0.2, 0) is 18.4 Å². The lowest BCUT2D eigenvalue weighted by Crippen LogP contribution is -2.42. The quantitative estimate of drug-likeness (QED) is 0.761. The lowest BCUT2D eigenvalue weighted by atomic mass is 9.82. The number of hydrogen-bond donors (Lipinski definition) is 2. The van der Waals surface area contributed by atoms with Gasteiger partial charge in [0.25, 0.3) is 5.56 Å². The Bertz CT molecular complexity index is 515. The highest BCUT2D eigenvalue weighted by Crippen LogP contribution is 2.32. The van der Waals surface area contributed by atoms with E-state index in [0.717, 1.165) is 68.4 Å². The molecule has 3 rings (SSSR count). The van der Waals surface area contributed by atoms with E-state index in [1.165, 1.54) is 12.8 Å². The van der Waals surface area contributed by atoms with Gasteiger partial charge in [-0.15, -0.1) is 0 Å². The van der Waals surface area contributed by atoms with E-state index in [2.05, 4.69) is 4.98 Å². The molecule has 0 amide bonds. The highest BCUT2D eigenvalue weighted by molar-refractivity contribution is 5.22. The van der Waals surface area contributed by atoms with Crippen LogP contribution < -0.4 is 11.3 Å². The van der Waals surface area contributed by atoms with Crippen molar-refractivity contribution in [2.24, 2.45) is 5.73 Å². The fraction of sp³-hybridized carbons (Fsp3) is 0.733. The van der Waals surface area contributed by atoms with Crippen molar-refractivity contribution in [3.8, 4) is 0 Å². The van der Waals surface area contributed by atoms with Gasteiger partial charge in [-0.2, -0.15) is 0 Å². The van der Waals surface area contributed by atoms with Crippen LogP contribution in [0.5, 0.6) is 0 Å². The minimum atomic E-state index is -0.404. The monoisotopic (exact) mass is 261 g/mol. The molecule has 4 nitrogen and oxygen atoms in total. The molecule has 0 bridgehead atoms. The summed E-state index contributed by atoms with van der Waals surface area (Å²) in [5, 5.41) is 0. The van der Waals surface area contributed by atoms with E-state index >= 15 is 0 Å². The third kappa shape index (κ3) is 2.46. The van der Waals surface area contributed by atoms with Crippen molar-refractivity contribution < 1.29 is 0 Å².